The van der Waals surface area contributed by atoms with Gasteiger partial charge in [-0.2, -0.15) is 0 Å². The SMILES string of the molecule is COc1ccc(Cl)c2sc(N3CCN(C(=O)c4cccc(Oc5ccccc5)c4)CC3)nc12. The largest absolute Gasteiger partial charge is 0.494 e. The number of benzene rings is 3. The number of hydrogen-bond acceptors (Lipinski definition) is 6. The summed E-state index contributed by atoms with van der Waals surface area (Å²) in [6.45, 7) is 2.63. The highest BCUT2D eigenvalue weighted by atomic mass is 35.5. The molecule has 2 heterocycles. The maximum absolute atomic E-state index is 13.1. The monoisotopic (exact) mass is 479 g/mol. The molecule has 0 unspecified atom stereocenters. The Morgan fingerprint density at radius 1 is 0.970 bits per heavy atom. The van der Waals surface area contributed by atoms with E-state index < -0.39 is 0 Å². The number of anilines is 1. The van der Waals surface area contributed by atoms with Crippen LogP contribution < -0.4 is 14.4 Å². The molecule has 1 amide bonds. The summed E-state index contributed by atoms with van der Waals surface area (Å²) >= 11 is 7.92. The lowest BCUT2D eigenvalue weighted by atomic mass is 10.1. The zero-order valence-corrected chi connectivity index (χ0v) is 19.6. The molecule has 0 radical (unpaired) electrons. The summed E-state index contributed by atoms with van der Waals surface area (Å²) in [5.74, 6) is 2.10. The molecule has 5 rings (SSSR count). The number of aromatic nitrogens is 1. The van der Waals surface area contributed by atoms with Crippen LogP contribution in [-0.2, 0) is 0 Å². The zero-order chi connectivity index (χ0) is 22.8. The van der Waals surface area contributed by atoms with Crippen molar-refractivity contribution in [2.75, 3.05) is 38.2 Å². The topological polar surface area (TPSA) is 54.9 Å². The Morgan fingerprint density at radius 3 is 2.48 bits per heavy atom. The second kappa shape index (κ2) is 9.29. The number of thiazole rings is 1. The number of para-hydroxylation sites is 1. The van der Waals surface area contributed by atoms with Gasteiger partial charge in [-0.1, -0.05) is 47.2 Å². The van der Waals surface area contributed by atoms with Crippen LogP contribution >= 0.6 is 22.9 Å². The van der Waals surface area contributed by atoms with E-state index in [0.717, 1.165) is 21.1 Å². The van der Waals surface area contributed by atoms with E-state index in [1.54, 1.807) is 24.5 Å². The minimum atomic E-state index is 0.00201. The normalized spacial score (nSPS) is 13.9. The molecule has 0 saturated carbocycles. The molecule has 0 N–H and O–H groups in total. The first-order valence-electron chi connectivity index (χ1n) is 10.6. The first-order chi connectivity index (χ1) is 16.1. The Bertz CT molecular complexity index is 1290. The average Bonchev–Trinajstić information content (AvgIpc) is 3.31. The third-order valence-electron chi connectivity index (χ3n) is 5.56. The predicted molar refractivity (Wildman–Crippen MR) is 132 cm³/mol. The highest BCUT2D eigenvalue weighted by Crippen LogP contribution is 2.39. The fraction of sp³-hybridized carbons (Fsp3) is 0.200. The quantitative estimate of drug-likeness (QED) is 0.367. The summed E-state index contributed by atoms with van der Waals surface area (Å²) in [5.41, 5.74) is 1.40. The summed E-state index contributed by atoms with van der Waals surface area (Å²) in [6, 6.07) is 20.5. The molecule has 3 aromatic carbocycles. The second-order valence-corrected chi connectivity index (χ2v) is 9.03. The number of carbonyl (C=O) groups excluding carboxylic acids is 1. The van der Waals surface area contributed by atoms with Gasteiger partial charge in [-0.15, -0.1) is 0 Å². The highest BCUT2D eigenvalue weighted by Gasteiger charge is 2.25. The van der Waals surface area contributed by atoms with Gasteiger partial charge < -0.3 is 19.3 Å². The number of nitrogens with zero attached hydrogens (tertiary/aromatic N) is 3. The zero-order valence-electron chi connectivity index (χ0n) is 18.0. The van der Waals surface area contributed by atoms with Crippen LogP contribution in [0, 0.1) is 0 Å². The van der Waals surface area contributed by atoms with Crippen LogP contribution in [0.4, 0.5) is 5.13 Å². The number of rotatable bonds is 5. The minimum absolute atomic E-state index is 0.00201. The lowest BCUT2D eigenvalue weighted by molar-refractivity contribution is 0.0746. The summed E-state index contributed by atoms with van der Waals surface area (Å²) in [7, 11) is 1.63. The van der Waals surface area contributed by atoms with Gasteiger partial charge in [0, 0.05) is 31.7 Å². The van der Waals surface area contributed by atoms with Gasteiger partial charge in [0.15, 0.2) is 5.13 Å². The van der Waals surface area contributed by atoms with E-state index in [4.69, 9.17) is 26.1 Å². The van der Waals surface area contributed by atoms with Crippen LogP contribution in [0.2, 0.25) is 5.02 Å². The molecular weight excluding hydrogens is 458 g/mol. The molecule has 1 fully saturated rings. The van der Waals surface area contributed by atoms with Crippen molar-refractivity contribution in [1.82, 2.24) is 9.88 Å². The second-order valence-electron chi connectivity index (χ2n) is 7.65. The molecule has 8 heteroatoms. The van der Waals surface area contributed by atoms with E-state index in [-0.39, 0.29) is 5.91 Å². The highest BCUT2D eigenvalue weighted by molar-refractivity contribution is 7.22. The Hall–Kier alpha value is -3.29. The van der Waals surface area contributed by atoms with Gasteiger partial charge in [0.05, 0.1) is 16.8 Å². The van der Waals surface area contributed by atoms with Crippen molar-refractivity contribution in [2.24, 2.45) is 0 Å². The first kappa shape index (κ1) is 21.6. The van der Waals surface area contributed by atoms with Gasteiger partial charge in [0.2, 0.25) is 0 Å². The Kier molecular flexibility index (Phi) is 6.07. The molecule has 1 aliphatic heterocycles. The molecule has 0 atom stereocenters. The lowest BCUT2D eigenvalue weighted by Gasteiger charge is -2.34. The number of fused-ring (bicyclic) bond motifs is 1. The van der Waals surface area contributed by atoms with Crippen molar-refractivity contribution < 1.29 is 14.3 Å². The number of piperazine rings is 1. The molecule has 4 aromatic rings. The third kappa shape index (κ3) is 4.47. The maximum Gasteiger partial charge on any atom is 0.254 e. The van der Waals surface area contributed by atoms with Crippen LogP contribution in [0.15, 0.2) is 66.7 Å². The Labute approximate surface area is 200 Å². The average molecular weight is 480 g/mol. The van der Waals surface area contributed by atoms with Crippen molar-refractivity contribution >= 4 is 44.2 Å². The number of ether oxygens (including phenoxy) is 2. The van der Waals surface area contributed by atoms with E-state index in [9.17, 15) is 4.79 Å². The molecule has 0 spiro atoms. The van der Waals surface area contributed by atoms with Crippen molar-refractivity contribution in [3.63, 3.8) is 0 Å². The van der Waals surface area contributed by atoms with E-state index in [1.165, 1.54) is 0 Å². The number of carbonyl (C=O) groups is 1. The van der Waals surface area contributed by atoms with E-state index in [0.29, 0.717) is 48.3 Å². The molecule has 0 aliphatic carbocycles. The van der Waals surface area contributed by atoms with Gasteiger partial charge in [-0.05, 0) is 42.5 Å². The van der Waals surface area contributed by atoms with Gasteiger partial charge in [-0.25, -0.2) is 4.98 Å². The summed E-state index contributed by atoms with van der Waals surface area (Å²) < 4.78 is 12.2. The van der Waals surface area contributed by atoms with Crippen LogP contribution in [0.25, 0.3) is 10.2 Å². The lowest BCUT2D eigenvalue weighted by Crippen LogP contribution is -2.48. The number of hydrogen-bond donors (Lipinski definition) is 0. The number of amides is 1. The van der Waals surface area contributed by atoms with Crippen LogP contribution in [0.3, 0.4) is 0 Å². The van der Waals surface area contributed by atoms with Crippen LogP contribution in [0.1, 0.15) is 10.4 Å². The molecule has 168 valence electrons. The fourth-order valence-electron chi connectivity index (χ4n) is 3.84. The van der Waals surface area contributed by atoms with Gasteiger partial charge in [-0.3, -0.25) is 4.79 Å². The molecule has 1 aliphatic rings. The van der Waals surface area contributed by atoms with E-state index >= 15 is 0 Å². The summed E-state index contributed by atoms with van der Waals surface area (Å²) in [4.78, 5) is 22.0. The van der Waals surface area contributed by atoms with Crippen molar-refractivity contribution in [1.29, 1.82) is 0 Å². The van der Waals surface area contributed by atoms with Crippen molar-refractivity contribution in [3.8, 4) is 17.2 Å². The fourth-order valence-corrected chi connectivity index (χ4v) is 5.15. The van der Waals surface area contributed by atoms with E-state index in [1.807, 2.05) is 65.6 Å². The standard InChI is InChI=1S/C25H22ClN3O3S/c1-31-21-11-10-20(26)23-22(21)27-25(33-23)29-14-12-28(13-15-29)24(30)17-6-5-9-19(16-17)32-18-7-3-2-4-8-18/h2-11,16H,12-15H2,1H3. The number of halogens is 1. The molecule has 33 heavy (non-hydrogen) atoms. The van der Waals surface area contributed by atoms with Crippen molar-refractivity contribution in [2.45, 2.75) is 0 Å². The maximum atomic E-state index is 13.1. The van der Waals surface area contributed by atoms with Gasteiger partial charge >= 0.3 is 0 Å². The molecule has 6 nitrogen and oxygen atoms in total. The first-order valence-corrected chi connectivity index (χ1v) is 11.8. The predicted octanol–water partition coefficient (Wildman–Crippen LogP) is 5.71. The Balaban J connectivity index is 1.27. The van der Waals surface area contributed by atoms with E-state index in [2.05, 4.69) is 4.90 Å². The van der Waals surface area contributed by atoms with Crippen LogP contribution in [0.5, 0.6) is 17.2 Å². The molecule has 0 bridgehead atoms. The molecular formula is C25H22ClN3O3S. The van der Waals surface area contributed by atoms with Crippen LogP contribution in [-0.4, -0.2) is 49.1 Å². The number of methoxy groups -OCH3 is 1. The van der Waals surface area contributed by atoms with Gasteiger partial charge in [0.25, 0.3) is 5.91 Å². The Morgan fingerprint density at radius 2 is 1.73 bits per heavy atom. The minimum Gasteiger partial charge on any atom is -0.494 e. The molecule has 1 aromatic heterocycles. The van der Waals surface area contributed by atoms with Gasteiger partial charge in [0.1, 0.15) is 22.8 Å². The third-order valence-corrected chi connectivity index (χ3v) is 7.14. The smallest absolute Gasteiger partial charge is 0.254 e. The summed E-state index contributed by atoms with van der Waals surface area (Å²) in [6.07, 6.45) is 0. The van der Waals surface area contributed by atoms with Crippen molar-refractivity contribution in [3.05, 3.63) is 77.3 Å². The summed E-state index contributed by atoms with van der Waals surface area (Å²) in [5, 5.41) is 1.56. The molecule has 1 saturated heterocycles.